The summed E-state index contributed by atoms with van der Waals surface area (Å²) in [5.74, 6) is 0.205. The van der Waals surface area contributed by atoms with E-state index >= 15 is 0 Å². The van der Waals surface area contributed by atoms with Crippen molar-refractivity contribution in [3.8, 4) is 0 Å². The summed E-state index contributed by atoms with van der Waals surface area (Å²) < 4.78 is 1.09. The topological polar surface area (TPSA) is 37.3 Å². The third-order valence-electron chi connectivity index (χ3n) is 1.90. The molecule has 5 heteroatoms. The molecule has 0 bridgehead atoms. The first-order valence-electron chi connectivity index (χ1n) is 4.58. The van der Waals surface area contributed by atoms with Crippen LogP contribution in [0, 0.1) is 5.92 Å². The molecule has 0 aliphatic heterocycles. The second-order valence-corrected chi connectivity index (χ2v) is 6.99. The van der Waals surface area contributed by atoms with Crippen LogP contribution in [0.15, 0.2) is 15.2 Å². The molecule has 1 N–H and O–H groups in total. The van der Waals surface area contributed by atoms with Crippen molar-refractivity contribution >= 4 is 45.0 Å². The third kappa shape index (κ3) is 4.17. The van der Waals surface area contributed by atoms with Gasteiger partial charge in [0.25, 0.3) is 0 Å². The molecule has 0 amide bonds. The molecule has 1 heterocycles. The smallest absolute Gasteiger partial charge is 0.316 e. The molecule has 1 rings (SSSR count). The van der Waals surface area contributed by atoms with Gasteiger partial charge in [-0.1, -0.05) is 13.8 Å². The number of hydrogen-bond acceptors (Lipinski definition) is 3. The lowest BCUT2D eigenvalue weighted by Gasteiger charge is -2.14. The van der Waals surface area contributed by atoms with E-state index in [0.29, 0.717) is 0 Å². The Morgan fingerprint density at radius 3 is 2.73 bits per heavy atom. The van der Waals surface area contributed by atoms with Crippen LogP contribution in [0.2, 0.25) is 0 Å². The predicted octanol–water partition coefficient (Wildman–Crippen LogP) is 3.85. The van der Waals surface area contributed by atoms with Crippen molar-refractivity contribution in [2.45, 2.75) is 24.9 Å². The molecule has 0 aliphatic carbocycles. The van der Waals surface area contributed by atoms with Crippen molar-refractivity contribution < 1.29 is 9.90 Å². The number of carboxylic acids is 1. The zero-order valence-corrected chi connectivity index (χ0v) is 11.8. The minimum absolute atomic E-state index is 0.162. The van der Waals surface area contributed by atoms with E-state index in [0.717, 1.165) is 9.54 Å². The molecule has 1 atom stereocenters. The molecular weight excluding hydrogens is 296 g/mol. The van der Waals surface area contributed by atoms with Gasteiger partial charge in [-0.2, -0.15) is 0 Å². The lowest BCUT2D eigenvalue weighted by Crippen LogP contribution is -2.22. The van der Waals surface area contributed by atoms with Gasteiger partial charge in [0, 0.05) is 5.75 Å². The summed E-state index contributed by atoms with van der Waals surface area (Å²) in [7, 11) is 0. The molecule has 0 radical (unpaired) electrons. The molecular formula is C10H13BrO2S2. The number of halogens is 1. The average Bonchev–Trinajstić information content (AvgIpc) is 2.50. The van der Waals surface area contributed by atoms with E-state index in [9.17, 15) is 4.79 Å². The van der Waals surface area contributed by atoms with Crippen LogP contribution >= 0.6 is 39.0 Å². The van der Waals surface area contributed by atoms with Gasteiger partial charge >= 0.3 is 5.97 Å². The van der Waals surface area contributed by atoms with E-state index in [1.807, 2.05) is 19.9 Å². The summed E-state index contributed by atoms with van der Waals surface area (Å²) in [5, 5.41) is 10.7. The molecule has 1 unspecified atom stereocenters. The Morgan fingerprint density at radius 1 is 1.67 bits per heavy atom. The van der Waals surface area contributed by atoms with E-state index in [1.54, 1.807) is 11.3 Å². The molecule has 0 aromatic carbocycles. The minimum Gasteiger partial charge on any atom is -0.480 e. The van der Waals surface area contributed by atoms with Crippen LogP contribution in [0.5, 0.6) is 0 Å². The predicted molar refractivity (Wildman–Crippen MR) is 69.6 cm³/mol. The highest BCUT2D eigenvalue weighted by Crippen LogP contribution is 2.28. The maximum Gasteiger partial charge on any atom is 0.316 e. The quantitative estimate of drug-likeness (QED) is 0.897. The molecule has 0 aliphatic rings. The van der Waals surface area contributed by atoms with E-state index in [4.69, 9.17) is 5.11 Å². The van der Waals surface area contributed by atoms with Gasteiger partial charge < -0.3 is 5.11 Å². The molecule has 1 aromatic heterocycles. The Morgan fingerprint density at radius 2 is 2.33 bits per heavy atom. The highest BCUT2D eigenvalue weighted by atomic mass is 79.9. The molecule has 0 spiro atoms. The zero-order valence-electron chi connectivity index (χ0n) is 8.57. The Kier molecular flexibility index (Phi) is 5.15. The van der Waals surface area contributed by atoms with Crippen LogP contribution in [0.4, 0.5) is 0 Å². The molecule has 1 aromatic rings. The van der Waals surface area contributed by atoms with Gasteiger partial charge in [0.05, 0.1) is 3.79 Å². The van der Waals surface area contributed by atoms with E-state index in [1.165, 1.54) is 17.3 Å². The van der Waals surface area contributed by atoms with Gasteiger partial charge in [-0.25, -0.2) is 0 Å². The molecule has 2 nitrogen and oxygen atoms in total. The lowest BCUT2D eigenvalue weighted by atomic mass is 10.1. The molecule has 0 saturated heterocycles. The van der Waals surface area contributed by atoms with Crippen LogP contribution in [-0.4, -0.2) is 16.3 Å². The van der Waals surface area contributed by atoms with Crippen LogP contribution in [0.1, 0.15) is 19.4 Å². The summed E-state index contributed by atoms with van der Waals surface area (Å²) in [4.78, 5) is 10.9. The highest BCUT2D eigenvalue weighted by Gasteiger charge is 2.21. The maximum absolute atomic E-state index is 10.9. The normalized spacial score (nSPS) is 13.1. The second-order valence-electron chi connectivity index (χ2n) is 3.57. The minimum atomic E-state index is -0.718. The van der Waals surface area contributed by atoms with Crippen LogP contribution in [0.25, 0.3) is 0 Å². The fraction of sp³-hybridized carbons (Fsp3) is 0.500. The maximum atomic E-state index is 10.9. The summed E-state index contributed by atoms with van der Waals surface area (Å²) in [6, 6.07) is 2.04. The standard InChI is InChI=1S/C10H13BrO2S2/c1-6(2)9(10(12)13)15-5-7-3-8(11)14-4-7/h3-4,6,9H,5H2,1-2H3,(H,12,13). The molecule has 84 valence electrons. The van der Waals surface area contributed by atoms with Crippen molar-refractivity contribution in [1.29, 1.82) is 0 Å². The SMILES string of the molecule is CC(C)C(SCc1csc(Br)c1)C(=O)O. The summed E-state index contributed by atoms with van der Waals surface area (Å²) in [5.41, 5.74) is 1.18. The van der Waals surface area contributed by atoms with Crippen molar-refractivity contribution in [3.05, 3.63) is 20.8 Å². The van der Waals surface area contributed by atoms with Crippen LogP contribution in [0.3, 0.4) is 0 Å². The zero-order chi connectivity index (χ0) is 11.4. The van der Waals surface area contributed by atoms with Gasteiger partial charge in [-0.3, -0.25) is 4.79 Å². The Labute approximate surface area is 106 Å². The number of carboxylic acid groups (broad SMARTS) is 1. The molecule has 0 saturated carbocycles. The number of thioether (sulfide) groups is 1. The second kappa shape index (κ2) is 5.92. The molecule has 15 heavy (non-hydrogen) atoms. The first-order chi connectivity index (χ1) is 7.00. The highest BCUT2D eigenvalue weighted by molar-refractivity contribution is 9.11. The average molecular weight is 309 g/mol. The summed E-state index contributed by atoms with van der Waals surface area (Å²) in [6.07, 6.45) is 0. The fourth-order valence-electron chi connectivity index (χ4n) is 1.16. The van der Waals surface area contributed by atoms with Gasteiger partial charge in [0.2, 0.25) is 0 Å². The van der Waals surface area contributed by atoms with Gasteiger partial charge in [-0.05, 0) is 38.9 Å². The summed E-state index contributed by atoms with van der Waals surface area (Å²) >= 11 is 6.51. The van der Waals surface area contributed by atoms with Crippen molar-refractivity contribution in [2.75, 3.05) is 0 Å². The number of rotatable bonds is 5. The van der Waals surface area contributed by atoms with E-state index < -0.39 is 5.97 Å². The van der Waals surface area contributed by atoms with Crippen LogP contribution in [-0.2, 0) is 10.5 Å². The largest absolute Gasteiger partial charge is 0.480 e. The monoisotopic (exact) mass is 308 g/mol. The number of carbonyl (C=O) groups is 1. The molecule has 0 fully saturated rings. The number of aliphatic carboxylic acids is 1. The fourth-order valence-corrected chi connectivity index (χ4v) is 3.54. The number of hydrogen-bond donors (Lipinski definition) is 1. The van der Waals surface area contributed by atoms with Gasteiger partial charge in [0.15, 0.2) is 0 Å². The Balaban J connectivity index is 2.50. The lowest BCUT2D eigenvalue weighted by molar-refractivity contribution is -0.137. The van der Waals surface area contributed by atoms with Crippen molar-refractivity contribution in [3.63, 3.8) is 0 Å². The van der Waals surface area contributed by atoms with E-state index in [-0.39, 0.29) is 11.2 Å². The number of thiophene rings is 1. The first kappa shape index (κ1) is 13.1. The van der Waals surface area contributed by atoms with Gasteiger partial charge in [0.1, 0.15) is 5.25 Å². The summed E-state index contributed by atoms with van der Waals surface area (Å²) in [6.45, 7) is 3.88. The van der Waals surface area contributed by atoms with E-state index in [2.05, 4.69) is 21.3 Å². The Bertz CT molecular complexity index is 336. The van der Waals surface area contributed by atoms with Crippen molar-refractivity contribution in [1.82, 2.24) is 0 Å². The third-order valence-corrected chi connectivity index (χ3v) is 5.06. The van der Waals surface area contributed by atoms with Gasteiger partial charge in [-0.15, -0.1) is 23.1 Å². The first-order valence-corrected chi connectivity index (χ1v) is 7.30. The van der Waals surface area contributed by atoms with Crippen molar-refractivity contribution in [2.24, 2.45) is 5.92 Å². The Hall–Kier alpha value is -0.000000000000000111. The van der Waals surface area contributed by atoms with Crippen LogP contribution < -0.4 is 0 Å².